The van der Waals surface area contributed by atoms with Crippen LogP contribution in [-0.4, -0.2) is 63.2 Å². The van der Waals surface area contributed by atoms with Crippen molar-refractivity contribution >= 4 is 35.8 Å². The third kappa shape index (κ3) is 7.29. The number of carbonyl (C=O) groups excluding carboxylic acids is 1. The molecule has 1 saturated heterocycles. The molecule has 1 amide bonds. The van der Waals surface area contributed by atoms with E-state index in [4.69, 9.17) is 9.73 Å². The fourth-order valence-corrected chi connectivity index (χ4v) is 3.49. The van der Waals surface area contributed by atoms with Crippen molar-refractivity contribution in [2.75, 3.05) is 46.4 Å². The molecule has 0 aromatic carbocycles. The molecule has 0 bridgehead atoms. The van der Waals surface area contributed by atoms with Gasteiger partial charge in [-0.15, -0.1) is 24.0 Å². The highest BCUT2D eigenvalue weighted by Crippen LogP contribution is 2.44. The summed E-state index contributed by atoms with van der Waals surface area (Å²) in [4.78, 5) is 18.4. The maximum Gasteiger partial charge on any atom is 0.222 e. The molecule has 146 valence electrons. The molecule has 1 aliphatic carbocycles. The van der Waals surface area contributed by atoms with Crippen LogP contribution >= 0.6 is 24.0 Å². The van der Waals surface area contributed by atoms with Crippen LogP contribution in [0.4, 0.5) is 0 Å². The van der Waals surface area contributed by atoms with E-state index in [0.29, 0.717) is 11.3 Å². The van der Waals surface area contributed by atoms with Crippen LogP contribution in [0, 0.1) is 5.41 Å². The standard InChI is InChI=1S/C18H34N4O2.HI/c1-3-19-17(20-11-6-13-22-12-4-7-16(22)23)21-15-18(8-5-9-18)10-14-24-2;/h3-15H2,1-2H3,(H2,19,20,21);1H. The number of amides is 1. The summed E-state index contributed by atoms with van der Waals surface area (Å²) in [5, 5.41) is 6.73. The highest BCUT2D eigenvalue weighted by Gasteiger charge is 2.36. The van der Waals surface area contributed by atoms with Gasteiger partial charge in [-0.1, -0.05) is 6.42 Å². The van der Waals surface area contributed by atoms with Crippen LogP contribution in [0.3, 0.4) is 0 Å². The number of hydrogen-bond acceptors (Lipinski definition) is 3. The number of guanidine groups is 1. The lowest BCUT2D eigenvalue weighted by atomic mass is 9.67. The molecule has 7 heteroatoms. The summed E-state index contributed by atoms with van der Waals surface area (Å²) < 4.78 is 5.25. The van der Waals surface area contributed by atoms with Crippen LogP contribution in [0.25, 0.3) is 0 Å². The molecule has 2 rings (SSSR count). The monoisotopic (exact) mass is 466 g/mol. The average molecular weight is 466 g/mol. The number of nitrogens with one attached hydrogen (secondary N) is 2. The van der Waals surface area contributed by atoms with Gasteiger partial charge in [-0.3, -0.25) is 9.79 Å². The van der Waals surface area contributed by atoms with Gasteiger partial charge in [0.25, 0.3) is 0 Å². The Morgan fingerprint density at radius 1 is 1.32 bits per heavy atom. The Morgan fingerprint density at radius 2 is 2.12 bits per heavy atom. The van der Waals surface area contributed by atoms with E-state index < -0.39 is 0 Å². The summed E-state index contributed by atoms with van der Waals surface area (Å²) in [6, 6.07) is 0. The van der Waals surface area contributed by atoms with Crippen molar-refractivity contribution in [1.82, 2.24) is 15.5 Å². The molecule has 0 unspecified atom stereocenters. The predicted molar refractivity (Wildman–Crippen MR) is 113 cm³/mol. The van der Waals surface area contributed by atoms with E-state index in [1.807, 2.05) is 4.90 Å². The van der Waals surface area contributed by atoms with Crippen molar-refractivity contribution in [2.45, 2.75) is 51.9 Å². The summed E-state index contributed by atoms with van der Waals surface area (Å²) in [6.45, 7) is 7.27. The lowest BCUT2D eigenvalue weighted by Crippen LogP contribution is -2.41. The van der Waals surface area contributed by atoms with Gasteiger partial charge in [0.15, 0.2) is 5.96 Å². The molecule has 2 N–H and O–H groups in total. The van der Waals surface area contributed by atoms with Gasteiger partial charge >= 0.3 is 0 Å². The molecule has 1 heterocycles. The number of aliphatic imine (C=N–C) groups is 1. The third-order valence-corrected chi connectivity index (χ3v) is 5.24. The van der Waals surface area contributed by atoms with Gasteiger partial charge in [0.1, 0.15) is 0 Å². The zero-order chi connectivity index (χ0) is 17.3. The van der Waals surface area contributed by atoms with E-state index in [0.717, 1.165) is 71.0 Å². The first-order chi connectivity index (χ1) is 11.7. The smallest absolute Gasteiger partial charge is 0.222 e. The van der Waals surface area contributed by atoms with Crippen molar-refractivity contribution in [1.29, 1.82) is 0 Å². The molecule has 0 radical (unpaired) electrons. The molecule has 2 fully saturated rings. The molecule has 0 atom stereocenters. The molecular formula is C18H35IN4O2. The lowest BCUT2D eigenvalue weighted by Gasteiger charge is -2.40. The molecule has 25 heavy (non-hydrogen) atoms. The van der Waals surface area contributed by atoms with Gasteiger partial charge in [0.05, 0.1) is 0 Å². The Morgan fingerprint density at radius 3 is 2.68 bits per heavy atom. The summed E-state index contributed by atoms with van der Waals surface area (Å²) in [7, 11) is 1.77. The number of rotatable bonds is 10. The Balaban J connectivity index is 0.00000312. The van der Waals surface area contributed by atoms with Crippen molar-refractivity contribution in [2.24, 2.45) is 10.4 Å². The largest absolute Gasteiger partial charge is 0.385 e. The number of likely N-dealkylation sites (tertiary alicyclic amines) is 1. The van der Waals surface area contributed by atoms with E-state index in [2.05, 4.69) is 17.6 Å². The summed E-state index contributed by atoms with van der Waals surface area (Å²) in [5.41, 5.74) is 0.348. The van der Waals surface area contributed by atoms with Gasteiger partial charge in [0.2, 0.25) is 5.91 Å². The molecular weight excluding hydrogens is 431 g/mol. The van der Waals surface area contributed by atoms with Crippen LogP contribution in [0.5, 0.6) is 0 Å². The molecule has 0 spiro atoms. The first kappa shape index (κ1) is 22.5. The van der Waals surface area contributed by atoms with Crippen molar-refractivity contribution in [3.8, 4) is 0 Å². The highest BCUT2D eigenvalue weighted by atomic mass is 127. The van der Waals surface area contributed by atoms with Crippen LogP contribution < -0.4 is 10.6 Å². The Labute approximate surface area is 169 Å². The zero-order valence-electron chi connectivity index (χ0n) is 15.8. The fourth-order valence-electron chi connectivity index (χ4n) is 3.49. The first-order valence-corrected chi connectivity index (χ1v) is 9.48. The minimum Gasteiger partial charge on any atom is -0.385 e. The normalized spacial score (nSPS) is 19.4. The van der Waals surface area contributed by atoms with E-state index in [9.17, 15) is 4.79 Å². The van der Waals surface area contributed by atoms with E-state index in [-0.39, 0.29) is 24.0 Å². The number of ether oxygens (including phenoxy) is 1. The van der Waals surface area contributed by atoms with Crippen LogP contribution in [0.15, 0.2) is 4.99 Å². The highest BCUT2D eigenvalue weighted by molar-refractivity contribution is 14.0. The number of carbonyl (C=O) groups is 1. The van der Waals surface area contributed by atoms with Crippen molar-refractivity contribution < 1.29 is 9.53 Å². The lowest BCUT2D eigenvalue weighted by molar-refractivity contribution is -0.127. The van der Waals surface area contributed by atoms with E-state index in [1.165, 1.54) is 19.3 Å². The maximum absolute atomic E-state index is 11.6. The molecule has 2 aliphatic rings. The second-order valence-electron chi connectivity index (χ2n) is 7.06. The van der Waals surface area contributed by atoms with Gasteiger partial charge in [0, 0.05) is 52.9 Å². The van der Waals surface area contributed by atoms with Gasteiger partial charge in [-0.2, -0.15) is 0 Å². The Bertz CT molecular complexity index is 427. The Hall–Kier alpha value is -0.570. The number of nitrogens with zero attached hydrogens (tertiary/aromatic N) is 2. The van der Waals surface area contributed by atoms with Gasteiger partial charge in [-0.05, 0) is 44.4 Å². The minimum absolute atomic E-state index is 0. The topological polar surface area (TPSA) is 66.0 Å². The molecule has 1 saturated carbocycles. The number of methoxy groups -OCH3 is 1. The first-order valence-electron chi connectivity index (χ1n) is 9.48. The minimum atomic E-state index is 0. The van der Waals surface area contributed by atoms with Crippen LogP contribution in [0.2, 0.25) is 0 Å². The fraction of sp³-hybridized carbons (Fsp3) is 0.889. The average Bonchev–Trinajstić information content (AvgIpc) is 2.95. The molecule has 0 aromatic rings. The van der Waals surface area contributed by atoms with Gasteiger partial charge < -0.3 is 20.3 Å². The van der Waals surface area contributed by atoms with Gasteiger partial charge in [-0.25, -0.2) is 0 Å². The molecule has 0 aromatic heterocycles. The summed E-state index contributed by atoms with van der Waals surface area (Å²) >= 11 is 0. The van der Waals surface area contributed by atoms with Crippen molar-refractivity contribution in [3.63, 3.8) is 0 Å². The predicted octanol–water partition coefficient (Wildman–Crippen LogP) is 2.38. The zero-order valence-corrected chi connectivity index (χ0v) is 18.1. The second-order valence-corrected chi connectivity index (χ2v) is 7.06. The maximum atomic E-state index is 11.6. The van der Waals surface area contributed by atoms with E-state index >= 15 is 0 Å². The van der Waals surface area contributed by atoms with Crippen LogP contribution in [-0.2, 0) is 9.53 Å². The third-order valence-electron chi connectivity index (χ3n) is 5.24. The molecule has 6 nitrogen and oxygen atoms in total. The SMILES string of the molecule is CCNC(=NCC1(CCOC)CCC1)NCCCN1CCCC1=O.I. The summed E-state index contributed by atoms with van der Waals surface area (Å²) in [5.74, 6) is 1.20. The Kier molecular flexibility index (Phi) is 10.7. The second kappa shape index (κ2) is 11.9. The van der Waals surface area contributed by atoms with E-state index in [1.54, 1.807) is 7.11 Å². The number of hydrogen-bond donors (Lipinski definition) is 2. The summed E-state index contributed by atoms with van der Waals surface area (Å²) in [6.07, 6.45) is 7.63. The molecule has 1 aliphatic heterocycles. The quantitative estimate of drug-likeness (QED) is 0.225. The number of halogens is 1. The van der Waals surface area contributed by atoms with Crippen molar-refractivity contribution in [3.05, 3.63) is 0 Å². The van der Waals surface area contributed by atoms with Crippen LogP contribution in [0.1, 0.15) is 51.9 Å².